The van der Waals surface area contributed by atoms with E-state index >= 15 is 0 Å². The molecule has 2 atom stereocenters. The minimum atomic E-state index is -2.66. The molecule has 0 saturated carbocycles. The van der Waals surface area contributed by atoms with Crippen molar-refractivity contribution in [1.82, 2.24) is 10.4 Å². The van der Waals surface area contributed by atoms with Crippen LogP contribution in [0, 0.1) is 6.92 Å². The fourth-order valence-electron chi connectivity index (χ4n) is 3.72. The quantitative estimate of drug-likeness (QED) is 0.225. The third kappa shape index (κ3) is 7.88. The van der Waals surface area contributed by atoms with Gasteiger partial charge in [-0.05, 0) is 60.9 Å². The molecule has 0 spiro atoms. The Morgan fingerprint density at radius 3 is 1.97 bits per heavy atom. The van der Waals surface area contributed by atoms with Crippen molar-refractivity contribution in [3.63, 3.8) is 0 Å². The average Bonchev–Trinajstić information content (AvgIpc) is 2.89. The van der Waals surface area contributed by atoms with Gasteiger partial charge in [-0.3, -0.25) is 23.3 Å². The van der Waals surface area contributed by atoms with Gasteiger partial charge in [0, 0.05) is 43.9 Å². The number of likely N-dealkylation sites (N-methyl/N-ethyl adjacent to an activating group) is 1. The first-order chi connectivity index (χ1) is 17.7. The second-order valence-corrected chi connectivity index (χ2v) is 9.58. The molecule has 37 heavy (non-hydrogen) atoms. The van der Waals surface area contributed by atoms with E-state index in [-0.39, 0.29) is 18.7 Å². The number of rotatable bonds is 11. The van der Waals surface area contributed by atoms with Gasteiger partial charge in [0.15, 0.2) is 0 Å². The summed E-state index contributed by atoms with van der Waals surface area (Å²) in [5.41, 5.74) is 4.71. The van der Waals surface area contributed by atoms with E-state index in [1.165, 1.54) is 4.90 Å². The number of benzene rings is 3. The Morgan fingerprint density at radius 2 is 1.49 bits per heavy atom. The minimum Gasteiger partial charge on any atom is -0.755 e. The Hall–Kier alpha value is -3.73. The Morgan fingerprint density at radius 1 is 0.946 bits per heavy atom. The van der Waals surface area contributed by atoms with Crippen LogP contribution in [0.2, 0.25) is 0 Å². The molecule has 0 bridgehead atoms. The molecule has 0 fully saturated rings. The van der Waals surface area contributed by atoms with Crippen LogP contribution in [0.5, 0.6) is 11.5 Å². The standard InChI is InChI=1S/C27H31N3O6S/c1-19-4-11-22(12-5-19)30(37(34)35)25(27(32)29(2)3)18-21-8-15-24(16-9-21)36-23-13-6-20(7-14-23)10-17-26(31)28-33/h4-9,11-16,25,33H,10,17-18H2,1-3H3,(H,28,31)(H,34,35)/p-1. The normalized spacial score (nSPS) is 12.4. The number of anilines is 1. The van der Waals surface area contributed by atoms with Gasteiger partial charge in [0.05, 0.1) is 0 Å². The van der Waals surface area contributed by atoms with Gasteiger partial charge in [0.2, 0.25) is 11.8 Å². The summed E-state index contributed by atoms with van der Waals surface area (Å²) >= 11 is -2.66. The van der Waals surface area contributed by atoms with E-state index in [1.54, 1.807) is 80.2 Å². The Balaban J connectivity index is 1.73. The monoisotopic (exact) mass is 524 g/mol. The third-order valence-electron chi connectivity index (χ3n) is 5.73. The Kier molecular flexibility index (Phi) is 9.78. The molecule has 0 aliphatic heterocycles. The molecule has 2 N–H and O–H groups in total. The van der Waals surface area contributed by atoms with Gasteiger partial charge in [0.1, 0.15) is 17.5 Å². The van der Waals surface area contributed by atoms with E-state index in [0.29, 0.717) is 23.6 Å². The van der Waals surface area contributed by atoms with Crippen molar-refractivity contribution in [3.05, 3.63) is 89.5 Å². The molecule has 3 aromatic rings. The van der Waals surface area contributed by atoms with Crippen LogP contribution in [0.3, 0.4) is 0 Å². The van der Waals surface area contributed by atoms with Crippen molar-refractivity contribution in [2.24, 2.45) is 0 Å². The molecule has 10 heteroatoms. The number of amides is 2. The lowest BCUT2D eigenvalue weighted by molar-refractivity contribution is -0.130. The lowest BCUT2D eigenvalue weighted by Gasteiger charge is -2.35. The maximum Gasteiger partial charge on any atom is 0.246 e. The van der Waals surface area contributed by atoms with Crippen molar-refractivity contribution < 1.29 is 28.3 Å². The fourth-order valence-corrected chi connectivity index (χ4v) is 4.39. The van der Waals surface area contributed by atoms with Gasteiger partial charge in [-0.15, -0.1) is 0 Å². The molecule has 2 unspecified atom stereocenters. The number of hydrogen-bond acceptors (Lipinski definition) is 6. The van der Waals surface area contributed by atoms with E-state index < -0.39 is 23.2 Å². The van der Waals surface area contributed by atoms with Crippen LogP contribution in [0.1, 0.15) is 23.1 Å². The molecule has 2 amide bonds. The molecule has 0 aliphatic rings. The number of aryl methyl sites for hydroxylation is 2. The maximum absolute atomic E-state index is 13.0. The summed E-state index contributed by atoms with van der Waals surface area (Å²) in [7, 11) is 3.19. The molecule has 0 saturated heterocycles. The van der Waals surface area contributed by atoms with E-state index in [9.17, 15) is 18.4 Å². The summed E-state index contributed by atoms with van der Waals surface area (Å²) in [6, 6.07) is 20.4. The van der Waals surface area contributed by atoms with Crippen LogP contribution in [0.4, 0.5) is 5.69 Å². The summed E-state index contributed by atoms with van der Waals surface area (Å²) in [5, 5.41) is 8.58. The van der Waals surface area contributed by atoms with E-state index in [2.05, 4.69) is 0 Å². The van der Waals surface area contributed by atoms with Gasteiger partial charge < -0.3 is 14.2 Å². The van der Waals surface area contributed by atoms with Crippen LogP contribution in [0.25, 0.3) is 0 Å². The molecule has 0 radical (unpaired) electrons. The minimum absolute atomic E-state index is 0.176. The van der Waals surface area contributed by atoms with Gasteiger partial charge in [-0.2, -0.15) is 0 Å². The SMILES string of the molecule is Cc1ccc(N(C(Cc2ccc(Oc3ccc(CCC(=O)NO)cc3)cc2)C(=O)N(C)C)S(=O)[O-])cc1. The fraction of sp³-hybridized carbons (Fsp3) is 0.259. The number of carbonyl (C=O) groups is 2. The van der Waals surface area contributed by atoms with Crippen LogP contribution >= 0.6 is 0 Å². The van der Waals surface area contributed by atoms with E-state index in [4.69, 9.17) is 9.94 Å². The highest BCUT2D eigenvalue weighted by Crippen LogP contribution is 2.26. The Bertz CT molecular complexity index is 1210. The highest BCUT2D eigenvalue weighted by Gasteiger charge is 2.29. The van der Waals surface area contributed by atoms with E-state index in [1.807, 2.05) is 19.1 Å². The number of hydroxylamine groups is 1. The van der Waals surface area contributed by atoms with Crippen molar-refractivity contribution >= 4 is 28.8 Å². The largest absolute Gasteiger partial charge is 0.755 e. The molecule has 0 heterocycles. The zero-order valence-corrected chi connectivity index (χ0v) is 21.7. The lowest BCUT2D eigenvalue weighted by atomic mass is 10.0. The predicted molar refractivity (Wildman–Crippen MR) is 140 cm³/mol. The number of nitrogens with one attached hydrogen (secondary N) is 1. The third-order valence-corrected chi connectivity index (χ3v) is 6.52. The molecule has 3 rings (SSSR count). The maximum atomic E-state index is 13.0. The second-order valence-electron chi connectivity index (χ2n) is 8.76. The predicted octanol–water partition coefficient (Wildman–Crippen LogP) is 3.53. The van der Waals surface area contributed by atoms with Gasteiger partial charge in [-0.25, -0.2) is 5.48 Å². The van der Waals surface area contributed by atoms with Crippen molar-refractivity contribution in [1.29, 1.82) is 0 Å². The number of carbonyl (C=O) groups excluding carboxylic acids is 2. The summed E-state index contributed by atoms with van der Waals surface area (Å²) < 4.78 is 31.4. The van der Waals surface area contributed by atoms with Gasteiger partial charge in [-0.1, -0.05) is 42.0 Å². The number of ether oxygens (including phenoxy) is 1. The number of nitrogens with zero attached hydrogens (tertiary/aromatic N) is 2. The lowest BCUT2D eigenvalue weighted by Crippen LogP contribution is -2.48. The van der Waals surface area contributed by atoms with Crippen molar-refractivity contribution in [2.75, 3.05) is 18.4 Å². The van der Waals surface area contributed by atoms with Crippen molar-refractivity contribution in [3.8, 4) is 11.5 Å². The average molecular weight is 525 g/mol. The van der Waals surface area contributed by atoms with Crippen molar-refractivity contribution in [2.45, 2.75) is 32.2 Å². The molecule has 3 aromatic carbocycles. The molecular weight excluding hydrogens is 494 g/mol. The van der Waals surface area contributed by atoms with Crippen LogP contribution in [-0.4, -0.2) is 50.8 Å². The molecule has 9 nitrogen and oxygen atoms in total. The van der Waals surface area contributed by atoms with Gasteiger partial charge >= 0.3 is 0 Å². The zero-order valence-electron chi connectivity index (χ0n) is 20.9. The second kappa shape index (κ2) is 13.0. The van der Waals surface area contributed by atoms with Crippen LogP contribution in [0.15, 0.2) is 72.8 Å². The topological polar surface area (TPSA) is 122 Å². The summed E-state index contributed by atoms with van der Waals surface area (Å²) in [6.07, 6.45) is 0.841. The summed E-state index contributed by atoms with van der Waals surface area (Å²) in [5.74, 6) is 0.408. The summed E-state index contributed by atoms with van der Waals surface area (Å²) in [6.45, 7) is 1.90. The molecular formula is C27H30N3O6S-. The number of hydrogen-bond donors (Lipinski definition) is 2. The highest BCUT2D eigenvalue weighted by atomic mass is 32.2. The van der Waals surface area contributed by atoms with Crippen LogP contribution in [-0.2, 0) is 33.7 Å². The van der Waals surface area contributed by atoms with Gasteiger partial charge in [0.25, 0.3) is 0 Å². The first kappa shape index (κ1) is 27.9. The summed E-state index contributed by atoms with van der Waals surface area (Å²) in [4.78, 5) is 25.6. The zero-order chi connectivity index (χ0) is 26.9. The molecule has 0 aromatic heterocycles. The first-order valence-electron chi connectivity index (χ1n) is 11.6. The Labute approximate surface area is 219 Å². The highest BCUT2D eigenvalue weighted by molar-refractivity contribution is 7.80. The first-order valence-corrected chi connectivity index (χ1v) is 12.7. The molecule has 0 aliphatic carbocycles. The van der Waals surface area contributed by atoms with Crippen LogP contribution < -0.4 is 14.5 Å². The molecule has 196 valence electrons. The smallest absolute Gasteiger partial charge is 0.246 e. The van der Waals surface area contributed by atoms with E-state index in [0.717, 1.165) is 21.0 Å².